The van der Waals surface area contributed by atoms with E-state index in [0.29, 0.717) is 16.8 Å². The molecule has 0 atom stereocenters. The van der Waals surface area contributed by atoms with Gasteiger partial charge in [-0.15, -0.1) is 0 Å². The molecule has 0 radical (unpaired) electrons. The van der Waals surface area contributed by atoms with Crippen LogP contribution in [0.1, 0.15) is 39.3 Å². The van der Waals surface area contributed by atoms with Crippen LogP contribution >= 0.6 is 27.5 Å². The maximum absolute atomic E-state index is 12.6. The summed E-state index contributed by atoms with van der Waals surface area (Å²) in [5.74, 6) is -0.320. The zero-order valence-corrected chi connectivity index (χ0v) is 16.8. The Kier molecular flexibility index (Phi) is 4.70. The van der Waals surface area contributed by atoms with Gasteiger partial charge in [-0.2, -0.15) is 0 Å². The average molecular weight is 448 g/mol. The zero-order valence-electron chi connectivity index (χ0n) is 14.4. The summed E-state index contributed by atoms with van der Waals surface area (Å²) in [6.45, 7) is 1.84. The van der Waals surface area contributed by atoms with Crippen molar-refractivity contribution in [1.29, 1.82) is 0 Å². The normalized spacial score (nSPS) is 13.6. The Labute approximate surface area is 169 Å². The quantitative estimate of drug-likeness (QED) is 0.570. The fourth-order valence-corrected chi connectivity index (χ4v) is 3.49. The van der Waals surface area contributed by atoms with Crippen molar-refractivity contribution < 1.29 is 14.0 Å². The summed E-state index contributed by atoms with van der Waals surface area (Å²) in [6.07, 6.45) is 2.01. The smallest absolute Gasteiger partial charge is 0.291 e. The van der Waals surface area contributed by atoms with Gasteiger partial charge in [0.05, 0.1) is 10.6 Å². The molecule has 1 aliphatic rings. The molecule has 1 fully saturated rings. The van der Waals surface area contributed by atoms with Gasteiger partial charge < -0.3 is 15.1 Å². The molecule has 2 aromatic carbocycles. The third kappa shape index (κ3) is 3.73. The van der Waals surface area contributed by atoms with E-state index >= 15 is 0 Å². The van der Waals surface area contributed by atoms with Gasteiger partial charge in [-0.05, 0) is 56.2 Å². The molecular formula is C20H16BrClN2O3. The predicted octanol–water partition coefficient (Wildman–Crippen LogP) is 5.30. The van der Waals surface area contributed by atoms with Gasteiger partial charge in [0.1, 0.15) is 5.58 Å². The average Bonchev–Trinajstić information content (AvgIpc) is 3.37. The Morgan fingerprint density at radius 1 is 1.15 bits per heavy atom. The lowest BCUT2D eigenvalue weighted by molar-refractivity contribution is 0.0950. The number of anilines is 1. The van der Waals surface area contributed by atoms with Gasteiger partial charge in [0.2, 0.25) is 0 Å². The topological polar surface area (TPSA) is 71.3 Å². The van der Waals surface area contributed by atoms with Crippen LogP contribution in [-0.4, -0.2) is 17.9 Å². The number of aryl methyl sites for hydroxylation is 1. The summed E-state index contributed by atoms with van der Waals surface area (Å²) in [5, 5.41) is 6.83. The number of amides is 2. The van der Waals surface area contributed by atoms with Crippen LogP contribution in [0, 0.1) is 6.92 Å². The summed E-state index contributed by atoms with van der Waals surface area (Å²) < 4.78 is 6.62. The van der Waals surface area contributed by atoms with Crippen molar-refractivity contribution in [3.63, 3.8) is 0 Å². The Morgan fingerprint density at radius 3 is 2.63 bits per heavy atom. The molecular weight excluding hydrogens is 432 g/mol. The Morgan fingerprint density at radius 2 is 1.93 bits per heavy atom. The molecule has 0 aliphatic heterocycles. The van der Waals surface area contributed by atoms with Crippen molar-refractivity contribution in [2.45, 2.75) is 25.8 Å². The minimum Gasteiger partial charge on any atom is -0.451 e. The molecule has 0 spiro atoms. The van der Waals surface area contributed by atoms with Crippen LogP contribution in [0.2, 0.25) is 5.02 Å². The minimum absolute atomic E-state index is 0.195. The fourth-order valence-electron chi connectivity index (χ4n) is 2.87. The van der Waals surface area contributed by atoms with E-state index in [1.807, 2.05) is 25.1 Å². The molecule has 1 saturated carbocycles. The highest BCUT2D eigenvalue weighted by atomic mass is 79.9. The lowest BCUT2D eigenvalue weighted by atomic mass is 10.1. The number of rotatable bonds is 4. The van der Waals surface area contributed by atoms with Crippen molar-refractivity contribution in [2.75, 3.05) is 5.32 Å². The molecule has 3 aromatic rings. The van der Waals surface area contributed by atoms with Gasteiger partial charge in [0.25, 0.3) is 11.8 Å². The van der Waals surface area contributed by atoms with Crippen LogP contribution in [0.15, 0.2) is 45.3 Å². The summed E-state index contributed by atoms with van der Waals surface area (Å²) in [4.78, 5) is 24.8. The lowest BCUT2D eigenvalue weighted by Gasteiger charge is -2.08. The van der Waals surface area contributed by atoms with Crippen LogP contribution in [0.4, 0.5) is 5.69 Å². The Hall–Kier alpha value is -2.31. The first-order chi connectivity index (χ1) is 12.9. The second-order valence-corrected chi connectivity index (χ2v) is 7.92. The Balaban J connectivity index is 1.55. The molecule has 1 aromatic heterocycles. The standard InChI is InChI=1S/C20H16BrClN2O3/c1-10-15-8-11(21)2-7-17(15)27-18(10)20(26)24-13-5-6-14(16(22)9-13)19(25)23-12-3-4-12/h2,5-9,12H,3-4H2,1H3,(H,23,25)(H,24,26). The van der Waals surface area contributed by atoms with Crippen LogP contribution in [0.3, 0.4) is 0 Å². The van der Waals surface area contributed by atoms with E-state index < -0.39 is 0 Å². The highest BCUT2D eigenvalue weighted by Crippen LogP contribution is 2.29. The third-order valence-electron chi connectivity index (χ3n) is 4.49. The van der Waals surface area contributed by atoms with E-state index in [1.165, 1.54) is 0 Å². The van der Waals surface area contributed by atoms with E-state index in [2.05, 4.69) is 26.6 Å². The molecule has 4 rings (SSSR count). The second-order valence-electron chi connectivity index (χ2n) is 6.59. The van der Waals surface area contributed by atoms with Crippen molar-refractivity contribution in [1.82, 2.24) is 5.32 Å². The number of fused-ring (bicyclic) bond motifs is 1. The highest BCUT2D eigenvalue weighted by Gasteiger charge is 2.25. The maximum atomic E-state index is 12.6. The maximum Gasteiger partial charge on any atom is 0.291 e. The number of halogens is 2. The van der Waals surface area contributed by atoms with Gasteiger partial charge in [-0.1, -0.05) is 27.5 Å². The first kappa shape index (κ1) is 18.1. The molecule has 1 aliphatic carbocycles. The lowest BCUT2D eigenvalue weighted by Crippen LogP contribution is -2.25. The Bertz CT molecular complexity index is 1070. The van der Waals surface area contributed by atoms with Crippen LogP contribution in [-0.2, 0) is 0 Å². The number of hydrogen-bond acceptors (Lipinski definition) is 3. The van der Waals surface area contributed by atoms with E-state index in [1.54, 1.807) is 18.2 Å². The van der Waals surface area contributed by atoms with Gasteiger partial charge in [0, 0.05) is 27.2 Å². The third-order valence-corrected chi connectivity index (χ3v) is 5.29. The highest BCUT2D eigenvalue weighted by molar-refractivity contribution is 9.10. The zero-order chi connectivity index (χ0) is 19.1. The number of hydrogen-bond donors (Lipinski definition) is 2. The largest absolute Gasteiger partial charge is 0.451 e. The first-order valence-corrected chi connectivity index (χ1v) is 9.70. The van der Waals surface area contributed by atoms with Crippen molar-refractivity contribution in [3.8, 4) is 0 Å². The second kappa shape index (κ2) is 7.02. The number of carbonyl (C=O) groups is 2. The molecule has 27 heavy (non-hydrogen) atoms. The molecule has 5 nitrogen and oxygen atoms in total. The predicted molar refractivity (Wildman–Crippen MR) is 109 cm³/mol. The van der Waals surface area contributed by atoms with Crippen LogP contribution < -0.4 is 10.6 Å². The van der Waals surface area contributed by atoms with Gasteiger partial charge in [-0.3, -0.25) is 9.59 Å². The molecule has 0 bridgehead atoms. The summed E-state index contributed by atoms with van der Waals surface area (Å²) in [7, 11) is 0. The summed E-state index contributed by atoms with van der Waals surface area (Å²) >= 11 is 9.65. The number of nitrogens with one attached hydrogen (secondary N) is 2. The molecule has 2 amide bonds. The van der Waals surface area contributed by atoms with E-state index in [4.69, 9.17) is 16.0 Å². The fraction of sp³-hybridized carbons (Fsp3) is 0.200. The molecule has 2 N–H and O–H groups in total. The van der Waals surface area contributed by atoms with Gasteiger partial charge >= 0.3 is 0 Å². The van der Waals surface area contributed by atoms with E-state index in [-0.39, 0.29) is 28.6 Å². The molecule has 7 heteroatoms. The van der Waals surface area contributed by atoms with Crippen molar-refractivity contribution in [2.24, 2.45) is 0 Å². The summed E-state index contributed by atoms with van der Waals surface area (Å²) in [5.41, 5.74) is 2.29. The number of carbonyl (C=O) groups excluding carboxylic acids is 2. The van der Waals surface area contributed by atoms with Gasteiger partial charge in [0.15, 0.2) is 5.76 Å². The summed E-state index contributed by atoms with van der Waals surface area (Å²) in [6, 6.07) is 10.7. The van der Waals surface area contributed by atoms with E-state index in [0.717, 1.165) is 28.3 Å². The monoisotopic (exact) mass is 446 g/mol. The van der Waals surface area contributed by atoms with Crippen molar-refractivity contribution in [3.05, 3.63) is 62.8 Å². The SMILES string of the molecule is Cc1c(C(=O)Nc2ccc(C(=O)NC3CC3)c(Cl)c2)oc2ccc(Br)cc12. The number of furan rings is 1. The molecule has 0 saturated heterocycles. The van der Waals surface area contributed by atoms with Crippen LogP contribution in [0.5, 0.6) is 0 Å². The van der Waals surface area contributed by atoms with E-state index in [9.17, 15) is 9.59 Å². The molecule has 0 unspecified atom stereocenters. The molecule has 1 heterocycles. The first-order valence-electron chi connectivity index (χ1n) is 8.53. The van der Waals surface area contributed by atoms with Gasteiger partial charge in [-0.25, -0.2) is 0 Å². The minimum atomic E-state index is -0.369. The number of benzene rings is 2. The van der Waals surface area contributed by atoms with Crippen LogP contribution in [0.25, 0.3) is 11.0 Å². The molecule has 138 valence electrons. The van der Waals surface area contributed by atoms with Crippen molar-refractivity contribution >= 4 is 56.0 Å².